The first-order chi connectivity index (χ1) is 14.5. The number of nitrogens with one attached hydrogen (secondary N) is 2. The van der Waals surface area contributed by atoms with Crippen molar-refractivity contribution in [3.05, 3.63) is 57.0 Å². The standard InChI is InChI=1S/C19H14Cl3F3N2O4/c20-12-4-2-11(8-14(12)22)26-16(28)5-6-18(30)31-9-17(29)27-15-7-10(19(23,24)25)1-3-13(15)21/h1-4,7-8H,5-6,9H2,(H,26,28)(H,27,29). The van der Waals surface area contributed by atoms with Crippen LogP contribution in [0.2, 0.25) is 15.1 Å². The lowest BCUT2D eigenvalue weighted by molar-refractivity contribution is -0.147. The van der Waals surface area contributed by atoms with E-state index >= 15 is 0 Å². The van der Waals surface area contributed by atoms with Crippen molar-refractivity contribution in [3.63, 3.8) is 0 Å². The van der Waals surface area contributed by atoms with Crippen molar-refractivity contribution in [2.24, 2.45) is 0 Å². The van der Waals surface area contributed by atoms with Gasteiger partial charge in [0, 0.05) is 12.1 Å². The molecule has 0 fully saturated rings. The largest absolute Gasteiger partial charge is 0.456 e. The van der Waals surface area contributed by atoms with Crippen LogP contribution in [0, 0.1) is 0 Å². The van der Waals surface area contributed by atoms with Crippen molar-refractivity contribution < 1.29 is 32.3 Å². The third kappa shape index (κ3) is 7.93. The molecule has 0 saturated carbocycles. The Hall–Kier alpha value is -2.49. The van der Waals surface area contributed by atoms with Gasteiger partial charge in [-0.2, -0.15) is 13.2 Å². The molecule has 2 aromatic rings. The van der Waals surface area contributed by atoms with Crippen molar-refractivity contribution in [2.45, 2.75) is 19.0 Å². The Labute approximate surface area is 189 Å². The van der Waals surface area contributed by atoms with E-state index in [-0.39, 0.29) is 28.6 Å². The minimum Gasteiger partial charge on any atom is -0.456 e. The average molecular weight is 498 g/mol. The highest BCUT2D eigenvalue weighted by molar-refractivity contribution is 6.42. The molecule has 2 N–H and O–H groups in total. The van der Waals surface area contributed by atoms with Crippen molar-refractivity contribution >= 4 is 64.0 Å². The van der Waals surface area contributed by atoms with E-state index in [9.17, 15) is 27.6 Å². The predicted octanol–water partition coefficient (Wildman–Crippen LogP) is 5.57. The second-order valence-electron chi connectivity index (χ2n) is 6.08. The van der Waals surface area contributed by atoms with E-state index in [2.05, 4.69) is 10.6 Å². The number of halogens is 6. The molecule has 12 heteroatoms. The number of ether oxygens (including phenoxy) is 1. The number of hydrogen-bond acceptors (Lipinski definition) is 4. The van der Waals surface area contributed by atoms with Crippen LogP contribution in [0.3, 0.4) is 0 Å². The highest BCUT2D eigenvalue weighted by Gasteiger charge is 2.31. The molecule has 0 aliphatic carbocycles. The Bertz CT molecular complexity index is 1000. The first-order valence-electron chi connectivity index (χ1n) is 8.53. The third-order valence-corrected chi connectivity index (χ3v) is 4.76. The predicted molar refractivity (Wildman–Crippen MR) is 110 cm³/mol. The summed E-state index contributed by atoms with van der Waals surface area (Å²) in [6.07, 6.45) is -5.18. The lowest BCUT2D eigenvalue weighted by atomic mass is 10.2. The minimum atomic E-state index is -4.62. The third-order valence-electron chi connectivity index (χ3n) is 3.69. The summed E-state index contributed by atoms with van der Waals surface area (Å²) in [4.78, 5) is 35.4. The lowest BCUT2D eigenvalue weighted by Crippen LogP contribution is -2.22. The van der Waals surface area contributed by atoms with Crippen LogP contribution in [0.4, 0.5) is 24.5 Å². The first kappa shape index (κ1) is 24.8. The van der Waals surface area contributed by atoms with Gasteiger partial charge in [-0.3, -0.25) is 14.4 Å². The molecule has 166 valence electrons. The molecule has 0 unspecified atom stereocenters. The molecule has 2 rings (SSSR count). The van der Waals surface area contributed by atoms with Crippen LogP contribution in [0.25, 0.3) is 0 Å². The van der Waals surface area contributed by atoms with Gasteiger partial charge < -0.3 is 15.4 Å². The van der Waals surface area contributed by atoms with Crippen molar-refractivity contribution in [1.82, 2.24) is 0 Å². The van der Waals surface area contributed by atoms with Gasteiger partial charge in [0.15, 0.2) is 6.61 Å². The van der Waals surface area contributed by atoms with E-state index in [1.54, 1.807) is 0 Å². The van der Waals surface area contributed by atoms with E-state index in [4.69, 9.17) is 39.5 Å². The molecule has 0 heterocycles. The number of amides is 2. The molecule has 0 saturated heterocycles. The Morgan fingerprint density at radius 3 is 2.16 bits per heavy atom. The zero-order valence-corrected chi connectivity index (χ0v) is 17.8. The van der Waals surface area contributed by atoms with Crippen LogP contribution < -0.4 is 10.6 Å². The topological polar surface area (TPSA) is 84.5 Å². The van der Waals surface area contributed by atoms with Gasteiger partial charge in [0.2, 0.25) is 5.91 Å². The number of esters is 1. The highest BCUT2D eigenvalue weighted by Crippen LogP contribution is 2.33. The van der Waals surface area contributed by atoms with E-state index in [1.807, 2.05) is 0 Å². The molecule has 0 atom stereocenters. The van der Waals surface area contributed by atoms with Crippen LogP contribution in [0.1, 0.15) is 18.4 Å². The fraction of sp³-hybridized carbons (Fsp3) is 0.211. The summed E-state index contributed by atoms with van der Waals surface area (Å²) in [5, 5.41) is 5.08. The molecule has 0 bridgehead atoms. The van der Waals surface area contributed by atoms with Gasteiger partial charge in [-0.15, -0.1) is 0 Å². The number of anilines is 2. The lowest BCUT2D eigenvalue weighted by Gasteiger charge is -2.12. The summed E-state index contributed by atoms with van der Waals surface area (Å²) in [7, 11) is 0. The van der Waals surface area contributed by atoms with E-state index in [0.29, 0.717) is 16.8 Å². The van der Waals surface area contributed by atoms with E-state index in [1.165, 1.54) is 18.2 Å². The molecule has 0 aliphatic rings. The second kappa shape index (κ2) is 10.7. The Balaban J connectivity index is 1.79. The molecular weight excluding hydrogens is 484 g/mol. The van der Waals surface area contributed by atoms with Crippen LogP contribution >= 0.6 is 34.8 Å². The van der Waals surface area contributed by atoms with Crippen molar-refractivity contribution in [2.75, 3.05) is 17.2 Å². The van der Waals surface area contributed by atoms with Gasteiger partial charge in [0.05, 0.1) is 32.7 Å². The molecular formula is C19H14Cl3F3N2O4. The van der Waals surface area contributed by atoms with Crippen molar-refractivity contribution in [1.29, 1.82) is 0 Å². The van der Waals surface area contributed by atoms with E-state index < -0.39 is 36.1 Å². The normalized spacial score (nSPS) is 11.0. The van der Waals surface area contributed by atoms with Crippen LogP contribution in [-0.4, -0.2) is 24.4 Å². The molecule has 31 heavy (non-hydrogen) atoms. The molecule has 0 spiro atoms. The molecule has 0 aliphatic heterocycles. The van der Waals surface area contributed by atoms with Gasteiger partial charge in [-0.1, -0.05) is 34.8 Å². The fourth-order valence-electron chi connectivity index (χ4n) is 2.21. The summed E-state index contributed by atoms with van der Waals surface area (Å²) in [6.45, 7) is -0.764. The highest BCUT2D eigenvalue weighted by atomic mass is 35.5. The SMILES string of the molecule is O=C(CCC(=O)OCC(=O)Nc1cc(C(F)(F)F)ccc1Cl)Nc1ccc(Cl)c(Cl)c1. The maximum Gasteiger partial charge on any atom is 0.416 e. The number of alkyl halides is 3. The number of hydrogen-bond donors (Lipinski definition) is 2. The second-order valence-corrected chi connectivity index (χ2v) is 7.30. The molecule has 2 amide bonds. The van der Waals surface area contributed by atoms with Gasteiger partial charge in [0.25, 0.3) is 5.91 Å². The first-order valence-corrected chi connectivity index (χ1v) is 9.66. The van der Waals surface area contributed by atoms with Gasteiger partial charge >= 0.3 is 12.1 Å². The smallest absolute Gasteiger partial charge is 0.416 e. The quantitative estimate of drug-likeness (QED) is 0.490. The minimum absolute atomic E-state index is 0.119. The number of benzene rings is 2. The Kier molecular flexibility index (Phi) is 8.55. The maximum absolute atomic E-state index is 12.7. The van der Waals surface area contributed by atoms with E-state index in [0.717, 1.165) is 12.1 Å². The summed E-state index contributed by atoms with van der Waals surface area (Å²) >= 11 is 17.4. The Morgan fingerprint density at radius 2 is 1.52 bits per heavy atom. The zero-order chi connectivity index (χ0) is 23.2. The molecule has 0 aromatic heterocycles. The Morgan fingerprint density at radius 1 is 0.839 bits per heavy atom. The molecule has 0 radical (unpaired) electrons. The summed E-state index contributed by atoms with van der Waals surface area (Å²) < 4.78 is 43.0. The fourth-order valence-corrected chi connectivity index (χ4v) is 2.68. The van der Waals surface area contributed by atoms with Crippen LogP contribution in [0.5, 0.6) is 0 Å². The maximum atomic E-state index is 12.7. The summed E-state index contributed by atoms with van der Waals surface area (Å²) in [6, 6.07) is 6.86. The van der Waals surface area contributed by atoms with Gasteiger partial charge in [0.1, 0.15) is 0 Å². The van der Waals surface area contributed by atoms with Crippen molar-refractivity contribution in [3.8, 4) is 0 Å². The van der Waals surface area contributed by atoms with Crippen LogP contribution in [-0.2, 0) is 25.3 Å². The number of carbonyl (C=O) groups is 3. The summed E-state index contributed by atoms with van der Waals surface area (Å²) in [5.41, 5.74) is -0.902. The average Bonchev–Trinajstić information content (AvgIpc) is 2.68. The molecule has 2 aromatic carbocycles. The van der Waals surface area contributed by atoms with Gasteiger partial charge in [-0.05, 0) is 36.4 Å². The molecule has 6 nitrogen and oxygen atoms in total. The zero-order valence-electron chi connectivity index (χ0n) is 15.5. The number of rotatable bonds is 7. The monoisotopic (exact) mass is 496 g/mol. The van der Waals surface area contributed by atoms with Crippen LogP contribution in [0.15, 0.2) is 36.4 Å². The van der Waals surface area contributed by atoms with Gasteiger partial charge in [-0.25, -0.2) is 0 Å². The summed E-state index contributed by atoms with van der Waals surface area (Å²) in [5.74, 6) is -2.25. The number of carbonyl (C=O) groups excluding carboxylic acids is 3.